The van der Waals surface area contributed by atoms with E-state index in [0.717, 1.165) is 5.56 Å². The third-order valence-corrected chi connectivity index (χ3v) is 3.48. The molecule has 0 aliphatic heterocycles. The third kappa shape index (κ3) is 4.71. The Hall–Kier alpha value is -2.15. The first-order chi connectivity index (χ1) is 10.0. The molecular formula is C14H15FN4OS. The van der Waals surface area contributed by atoms with E-state index in [2.05, 4.69) is 15.3 Å². The number of aryl methyl sites for hydroxylation is 1. The Labute approximate surface area is 126 Å². The van der Waals surface area contributed by atoms with Crippen LogP contribution in [0.3, 0.4) is 0 Å². The number of halogens is 1. The zero-order chi connectivity index (χ0) is 15.2. The number of carbonyl (C=O) groups excluding carboxylic acids is 1. The smallest absolute Gasteiger partial charge is 0.225 e. The third-order valence-electron chi connectivity index (χ3n) is 2.61. The van der Waals surface area contributed by atoms with Gasteiger partial charge < -0.3 is 11.1 Å². The molecule has 2 aromatic rings. The average molecular weight is 306 g/mol. The van der Waals surface area contributed by atoms with Gasteiger partial charge in [0.05, 0.1) is 11.4 Å². The van der Waals surface area contributed by atoms with E-state index < -0.39 is 5.82 Å². The lowest BCUT2D eigenvalue weighted by atomic mass is 10.2. The number of nitrogen functional groups attached to an aromatic ring is 1. The molecule has 0 atom stereocenters. The molecule has 3 N–H and O–H groups in total. The van der Waals surface area contributed by atoms with E-state index in [1.807, 2.05) is 6.92 Å². The standard InChI is InChI=1S/C14H15FN4OS/c1-9-7-17-14(18-8-9)21-5-4-13(20)19-12-3-2-10(15)6-11(12)16/h2-3,6-8H,4-5,16H2,1H3,(H,19,20). The minimum Gasteiger partial charge on any atom is -0.397 e. The Kier molecular flexibility index (Phi) is 5.10. The van der Waals surface area contributed by atoms with Crippen molar-refractivity contribution in [1.29, 1.82) is 0 Å². The molecule has 1 heterocycles. The number of hydrogen-bond acceptors (Lipinski definition) is 5. The predicted molar refractivity (Wildman–Crippen MR) is 81.6 cm³/mol. The van der Waals surface area contributed by atoms with Crippen LogP contribution in [0.25, 0.3) is 0 Å². The van der Waals surface area contributed by atoms with E-state index in [-0.39, 0.29) is 11.6 Å². The number of carbonyl (C=O) groups is 1. The molecule has 2 rings (SSSR count). The lowest BCUT2D eigenvalue weighted by molar-refractivity contribution is -0.115. The fourth-order valence-corrected chi connectivity index (χ4v) is 2.27. The second-order valence-corrected chi connectivity index (χ2v) is 5.48. The van der Waals surface area contributed by atoms with Crippen molar-refractivity contribution < 1.29 is 9.18 Å². The minimum atomic E-state index is -0.433. The number of rotatable bonds is 5. The van der Waals surface area contributed by atoms with Crippen LogP contribution in [0.4, 0.5) is 15.8 Å². The van der Waals surface area contributed by atoms with E-state index in [9.17, 15) is 9.18 Å². The molecule has 0 aliphatic carbocycles. The van der Waals surface area contributed by atoms with Crippen LogP contribution in [0.1, 0.15) is 12.0 Å². The molecule has 7 heteroatoms. The normalized spacial score (nSPS) is 10.4. The molecule has 1 amide bonds. The number of amides is 1. The van der Waals surface area contributed by atoms with Crippen LogP contribution in [0, 0.1) is 12.7 Å². The lowest BCUT2D eigenvalue weighted by Crippen LogP contribution is -2.13. The second kappa shape index (κ2) is 7.03. The number of aromatic nitrogens is 2. The summed E-state index contributed by atoms with van der Waals surface area (Å²) in [5, 5.41) is 3.28. The molecule has 0 bridgehead atoms. The van der Waals surface area contributed by atoms with Gasteiger partial charge in [-0.3, -0.25) is 4.79 Å². The Morgan fingerprint density at radius 3 is 2.76 bits per heavy atom. The van der Waals surface area contributed by atoms with Crippen molar-refractivity contribution in [3.63, 3.8) is 0 Å². The van der Waals surface area contributed by atoms with Crippen molar-refractivity contribution in [3.8, 4) is 0 Å². The highest BCUT2D eigenvalue weighted by atomic mass is 32.2. The Morgan fingerprint density at radius 1 is 1.38 bits per heavy atom. The zero-order valence-electron chi connectivity index (χ0n) is 11.5. The molecule has 110 valence electrons. The highest BCUT2D eigenvalue weighted by Gasteiger charge is 2.07. The summed E-state index contributed by atoms with van der Waals surface area (Å²) in [7, 11) is 0. The Morgan fingerprint density at radius 2 is 2.10 bits per heavy atom. The van der Waals surface area contributed by atoms with Crippen molar-refractivity contribution in [3.05, 3.63) is 42.0 Å². The van der Waals surface area contributed by atoms with Crippen LogP contribution in [0.2, 0.25) is 0 Å². The first kappa shape index (κ1) is 15.2. The predicted octanol–water partition coefficient (Wildman–Crippen LogP) is 2.63. The van der Waals surface area contributed by atoms with Gasteiger partial charge in [0.2, 0.25) is 5.91 Å². The highest BCUT2D eigenvalue weighted by molar-refractivity contribution is 7.99. The van der Waals surface area contributed by atoms with Crippen molar-refractivity contribution in [2.75, 3.05) is 16.8 Å². The van der Waals surface area contributed by atoms with Gasteiger partial charge in [-0.15, -0.1) is 0 Å². The van der Waals surface area contributed by atoms with Crippen LogP contribution in [0.15, 0.2) is 35.7 Å². The van der Waals surface area contributed by atoms with Crippen LogP contribution in [-0.2, 0) is 4.79 Å². The van der Waals surface area contributed by atoms with Gasteiger partial charge in [0.25, 0.3) is 0 Å². The van der Waals surface area contributed by atoms with E-state index >= 15 is 0 Å². The van der Waals surface area contributed by atoms with Crippen molar-refractivity contribution in [2.45, 2.75) is 18.5 Å². The SMILES string of the molecule is Cc1cnc(SCCC(=O)Nc2ccc(F)cc2N)nc1. The average Bonchev–Trinajstić information content (AvgIpc) is 2.44. The summed E-state index contributed by atoms with van der Waals surface area (Å²) in [4.78, 5) is 20.1. The first-order valence-electron chi connectivity index (χ1n) is 6.31. The monoisotopic (exact) mass is 306 g/mol. The molecule has 5 nitrogen and oxygen atoms in total. The minimum absolute atomic E-state index is 0.187. The molecule has 1 aromatic carbocycles. The van der Waals surface area contributed by atoms with Crippen LogP contribution in [0.5, 0.6) is 0 Å². The van der Waals surface area contributed by atoms with Crippen LogP contribution >= 0.6 is 11.8 Å². The maximum absolute atomic E-state index is 12.9. The Balaban J connectivity index is 1.81. The Bertz CT molecular complexity index is 633. The van der Waals surface area contributed by atoms with E-state index in [0.29, 0.717) is 23.0 Å². The summed E-state index contributed by atoms with van der Waals surface area (Å²) in [6, 6.07) is 3.87. The van der Waals surface area contributed by atoms with Gasteiger partial charge in [0.15, 0.2) is 5.16 Å². The quantitative estimate of drug-likeness (QED) is 0.504. The molecule has 0 fully saturated rings. The van der Waals surface area contributed by atoms with Gasteiger partial charge in [-0.1, -0.05) is 11.8 Å². The number of anilines is 2. The van der Waals surface area contributed by atoms with E-state index in [1.54, 1.807) is 12.4 Å². The number of nitrogens with two attached hydrogens (primary N) is 1. The number of benzene rings is 1. The maximum Gasteiger partial charge on any atom is 0.225 e. The summed E-state index contributed by atoms with van der Waals surface area (Å²) < 4.78 is 12.9. The summed E-state index contributed by atoms with van der Waals surface area (Å²) in [6.07, 6.45) is 3.75. The number of nitrogens with one attached hydrogen (secondary N) is 1. The highest BCUT2D eigenvalue weighted by Crippen LogP contribution is 2.20. The van der Waals surface area contributed by atoms with E-state index in [1.165, 1.54) is 30.0 Å². The van der Waals surface area contributed by atoms with Gasteiger partial charge >= 0.3 is 0 Å². The summed E-state index contributed by atoms with van der Waals surface area (Å²) in [5.41, 5.74) is 7.23. The summed E-state index contributed by atoms with van der Waals surface area (Å²) >= 11 is 1.40. The molecule has 21 heavy (non-hydrogen) atoms. The molecule has 0 spiro atoms. The van der Waals surface area contributed by atoms with Crippen molar-refractivity contribution >= 4 is 29.0 Å². The summed E-state index contributed by atoms with van der Waals surface area (Å²) in [5.74, 6) is -0.0683. The molecular weight excluding hydrogens is 291 g/mol. The maximum atomic E-state index is 12.9. The number of nitrogens with zero attached hydrogens (tertiary/aromatic N) is 2. The molecule has 0 unspecified atom stereocenters. The molecule has 1 aromatic heterocycles. The van der Waals surface area contributed by atoms with Gasteiger partial charge in [-0.25, -0.2) is 14.4 Å². The fourth-order valence-electron chi connectivity index (χ4n) is 1.55. The van der Waals surface area contributed by atoms with Gasteiger partial charge in [0.1, 0.15) is 5.82 Å². The lowest BCUT2D eigenvalue weighted by Gasteiger charge is -2.07. The molecule has 0 saturated carbocycles. The van der Waals surface area contributed by atoms with Gasteiger partial charge in [-0.05, 0) is 30.7 Å². The zero-order valence-corrected chi connectivity index (χ0v) is 12.3. The number of hydrogen-bond donors (Lipinski definition) is 2. The van der Waals surface area contributed by atoms with Crippen LogP contribution < -0.4 is 11.1 Å². The van der Waals surface area contributed by atoms with Crippen molar-refractivity contribution in [2.24, 2.45) is 0 Å². The van der Waals surface area contributed by atoms with E-state index in [4.69, 9.17) is 5.73 Å². The molecule has 0 aliphatic rings. The summed E-state index contributed by atoms with van der Waals surface area (Å²) in [6.45, 7) is 1.91. The largest absolute Gasteiger partial charge is 0.397 e. The first-order valence-corrected chi connectivity index (χ1v) is 7.29. The fraction of sp³-hybridized carbons (Fsp3) is 0.214. The number of thioether (sulfide) groups is 1. The molecule has 0 saturated heterocycles. The van der Waals surface area contributed by atoms with Crippen molar-refractivity contribution in [1.82, 2.24) is 9.97 Å². The van der Waals surface area contributed by atoms with Gasteiger partial charge in [0, 0.05) is 24.6 Å². The topological polar surface area (TPSA) is 80.9 Å². The molecule has 0 radical (unpaired) electrons. The van der Waals surface area contributed by atoms with Crippen LogP contribution in [-0.4, -0.2) is 21.6 Å². The van der Waals surface area contributed by atoms with Gasteiger partial charge in [-0.2, -0.15) is 0 Å². The second-order valence-electron chi connectivity index (χ2n) is 4.42.